The van der Waals surface area contributed by atoms with Crippen molar-refractivity contribution in [2.45, 2.75) is 19.3 Å². The highest BCUT2D eigenvalue weighted by molar-refractivity contribution is 5.60. The van der Waals surface area contributed by atoms with Crippen LogP contribution >= 0.6 is 0 Å². The largest absolute Gasteiger partial charge is 0.487 e. The highest BCUT2D eigenvalue weighted by Crippen LogP contribution is 2.37. The summed E-state index contributed by atoms with van der Waals surface area (Å²) in [5.74, 6) is 1.32. The van der Waals surface area contributed by atoms with Crippen molar-refractivity contribution < 1.29 is 9.47 Å². The summed E-state index contributed by atoms with van der Waals surface area (Å²) in [5.41, 5.74) is 15.4. The minimum absolute atomic E-state index is 0.268. The van der Waals surface area contributed by atoms with E-state index in [9.17, 15) is 0 Å². The van der Waals surface area contributed by atoms with Gasteiger partial charge in [0.2, 0.25) is 0 Å². The summed E-state index contributed by atoms with van der Waals surface area (Å²) in [4.78, 5) is 0. The van der Waals surface area contributed by atoms with E-state index in [1.54, 1.807) is 12.2 Å². The molecular formula is C21H26N2O2. The lowest BCUT2D eigenvalue weighted by molar-refractivity contribution is 0.364. The summed E-state index contributed by atoms with van der Waals surface area (Å²) in [5, 5.41) is 0. The van der Waals surface area contributed by atoms with Crippen molar-refractivity contribution >= 4 is 11.4 Å². The number of nitrogens with two attached hydrogens (primary N) is 2. The van der Waals surface area contributed by atoms with E-state index in [1.807, 2.05) is 36.4 Å². The number of ether oxygens (including phenoxy) is 2. The Labute approximate surface area is 149 Å². The quantitative estimate of drug-likeness (QED) is 0.556. The number of anilines is 2. The number of hydrogen-bond acceptors (Lipinski definition) is 4. The molecule has 0 aliphatic heterocycles. The van der Waals surface area contributed by atoms with Gasteiger partial charge in [-0.05, 0) is 35.4 Å². The second kappa shape index (κ2) is 7.79. The van der Waals surface area contributed by atoms with Gasteiger partial charge in [0, 0.05) is 5.41 Å². The molecule has 0 unspecified atom stereocenters. The maximum atomic E-state index is 6.13. The Morgan fingerprint density at radius 1 is 0.840 bits per heavy atom. The molecule has 4 nitrogen and oxygen atoms in total. The van der Waals surface area contributed by atoms with Crippen molar-refractivity contribution in [3.8, 4) is 11.5 Å². The van der Waals surface area contributed by atoms with Gasteiger partial charge in [-0.1, -0.05) is 51.3 Å². The average Bonchev–Trinajstić information content (AvgIpc) is 2.59. The summed E-state index contributed by atoms with van der Waals surface area (Å²) in [6.45, 7) is 12.4. The van der Waals surface area contributed by atoms with Crippen LogP contribution in [0.15, 0.2) is 61.7 Å². The maximum Gasteiger partial charge on any atom is 0.142 e. The molecule has 2 aromatic rings. The summed E-state index contributed by atoms with van der Waals surface area (Å²) < 4.78 is 11.1. The van der Waals surface area contributed by atoms with E-state index in [0.717, 1.165) is 11.1 Å². The Morgan fingerprint density at radius 3 is 1.56 bits per heavy atom. The molecule has 0 spiro atoms. The van der Waals surface area contributed by atoms with Gasteiger partial charge in [0.1, 0.15) is 24.7 Å². The highest BCUT2D eigenvalue weighted by atomic mass is 16.5. The lowest BCUT2D eigenvalue weighted by Gasteiger charge is -2.27. The third kappa shape index (κ3) is 4.15. The molecule has 4 N–H and O–H groups in total. The predicted molar refractivity (Wildman–Crippen MR) is 105 cm³/mol. The number of hydrogen-bond donors (Lipinski definition) is 2. The molecule has 0 aliphatic carbocycles. The molecule has 0 atom stereocenters. The van der Waals surface area contributed by atoms with E-state index in [2.05, 4.69) is 27.0 Å². The van der Waals surface area contributed by atoms with Crippen molar-refractivity contribution in [1.29, 1.82) is 0 Å². The van der Waals surface area contributed by atoms with E-state index in [1.165, 1.54) is 0 Å². The topological polar surface area (TPSA) is 70.5 Å². The molecule has 0 bridgehead atoms. The van der Waals surface area contributed by atoms with Gasteiger partial charge >= 0.3 is 0 Å². The molecule has 0 radical (unpaired) electrons. The first kappa shape index (κ1) is 18.5. The summed E-state index contributed by atoms with van der Waals surface area (Å²) >= 11 is 0. The molecule has 0 saturated heterocycles. The number of benzene rings is 2. The Kier molecular flexibility index (Phi) is 5.75. The SMILES string of the molecule is C=CCOc1ccc(C(C)(C)c2ccc(OCC=C)c(N)c2)cc1N. The number of rotatable bonds is 8. The summed E-state index contributed by atoms with van der Waals surface area (Å²) in [7, 11) is 0. The Balaban J connectivity index is 2.31. The lowest BCUT2D eigenvalue weighted by Crippen LogP contribution is -2.19. The zero-order chi connectivity index (χ0) is 18.4. The third-order valence-corrected chi connectivity index (χ3v) is 4.18. The summed E-state index contributed by atoms with van der Waals surface area (Å²) in [6, 6.07) is 11.7. The molecule has 2 aromatic carbocycles. The first-order valence-corrected chi connectivity index (χ1v) is 8.17. The van der Waals surface area contributed by atoms with E-state index in [4.69, 9.17) is 20.9 Å². The Bertz CT molecular complexity index is 703. The molecule has 4 heteroatoms. The normalized spacial score (nSPS) is 11.0. The van der Waals surface area contributed by atoms with E-state index >= 15 is 0 Å². The molecule has 0 saturated carbocycles. The van der Waals surface area contributed by atoms with Crippen LogP contribution in [0.3, 0.4) is 0 Å². The standard InChI is InChI=1S/C21H26N2O2/c1-5-11-24-19-9-7-15(13-17(19)22)21(3,4)16-8-10-20(18(23)14-16)25-12-6-2/h5-10,13-14H,1-2,11-12,22-23H2,3-4H3. The van der Waals surface area contributed by atoms with Gasteiger partial charge < -0.3 is 20.9 Å². The second-order valence-corrected chi connectivity index (χ2v) is 6.33. The molecule has 0 aromatic heterocycles. The molecular weight excluding hydrogens is 312 g/mol. The number of nitrogen functional groups attached to an aromatic ring is 2. The van der Waals surface area contributed by atoms with Crippen LogP contribution in [0.2, 0.25) is 0 Å². The van der Waals surface area contributed by atoms with Crippen molar-refractivity contribution in [3.63, 3.8) is 0 Å². The molecule has 0 aliphatic rings. The van der Waals surface area contributed by atoms with Crippen LogP contribution < -0.4 is 20.9 Å². The minimum Gasteiger partial charge on any atom is -0.487 e. The Morgan fingerprint density at radius 2 is 1.24 bits per heavy atom. The zero-order valence-corrected chi connectivity index (χ0v) is 14.9. The molecule has 132 valence electrons. The maximum absolute atomic E-state index is 6.13. The van der Waals surface area contributed by atoms with Gasteiger partial charge in [-0.3, -0.25) is 0 Å². The van der Waals surface area contributed by atoms with Crippen LogP contribution in [-0.4, -0.2) is 13.2 Å². The molecule has 0 amide bonds. The van der Waals surface area contributed by atoms with Crippen molar-refractivity contribution in [2.24, 2.45) is 0 Å². The smallest absolute Gasteiger partial charge is 0.142 e. The summed E-state index contributed by atoms with van der Waals surface area (Å²) in [6.07, 6.45) is 3.38. The fraction of sp³-hybridized carbons (Fsp3) is 0.238. The molecule has 25 heavy (non-hydrogen) atoms. The van der Waals surface area contributed by atoms with E-state index in [-0.39, 0.29) is 5.41 Å². The van der Waals surface area contributed by atoms with Crippen LogP contribution in [0.25, 0.3) is 0 Å². The predicted octanol–water partition coefficient (Wildman–Crippen LogP) is 4.31. The third-order valence-electron chi connectivity index (χ3n) is 4.18. The lowest BCUT2D eigenvalue weighted by atomic mass is 9.78. The van der Waals surface area contributed by atoms with Crippen LogP contribution in [0, 0.1) is 0 Å². The van der Waals surface area contributed by atoms with Gasteiger partial charge in [0.15, 0.2) is 0 Å². The molecule has 2 rings (SSSR count). The van der Waals surface area contributed by atoms with Crippen LogP contribution in [0.1, 0.15) is 25.0 Å². The average molecular weight is 338 g/mol. The van der Waals surface area contributed by atoms with Crippen LogP contribution in [0.4, 0.5) is 11.4 Å². The van der Waals surface area contributed by atoms with E-state index < -0.39 is 0 Å². The fourth-order valence-corrected chi connectivity index (χ4v) is 2.60. The van der Waals surface area contributed by atoms with Gasteiger partial charge in [0.05, 0.1) is 11.4 Å². The highest BCUT2D eigenvalue weighted by Gasteiger charge is 2.25. The van der Waals surface area contributed by atoms with Gasteiger partial charge in [-0.25, -0.2) is 0 Å². The molecule has 0 fully saturated rings. The van der Waals surface area contributed by atoms with Crippen molar-refractivity contribution in [1.82, 2.24) is 0 Å². The van der Waals surface area contributed by atoms with Crippen molar-refractivity contribution in [2.75, 3.05) is 24.7 Å². The van der Waals surface area contributed by atoms with Crippen LogP contribution in [0.5, 0.6) is 11.5 Å². The monoisotopic (exact) mass is 338 g/mol. The Hall–Kier alpha value is -2.88. The van der Waals surface area contributed by atoms with E-state index in [0.29, 0.717) is 36.1 Å². The second-order valence-electron chi connectivity index (χ2n) is 6.33. The van der Waals surface area contributed by atoms with Crippen LogP contribution in [-0.2, 0) is 5.41 Å². The molecule has 0 heterocycles. The first-order valence-electron chi connectivity index (χ1n) is 8.17. The van der Waals surface area contributed by atoms with Gasteiger partial charge in [-0.2, -0.15) is 0 Å². The fourth-order valence-electron chi connectivity index (χ4n) is 2.60. The van der Waals surface area contributed by atoms with Gasteiger partial charge in [-0.15, -0.1) is 0 Å². The van der Waals surface area contributed by atoms with Crippen molar-refractivity contribution in [3.05, 3.63) is 72.8 Å². The zero-order valence-electron chi connectivity index (χ0n) is 14.9. The first-order chi connectivity index (χ1) is 11.9. The van der Waals surface area contributed by atoms with Gasteiger partial charge in [0.25, 0.3) is 0 Å². The minimum atomic E-state index is -0.268.